The Hall–Kier alpha value is -4.59. The Labute approximate surface area is 222 Å². The molecule has 3 aromatic carbocycles. The molecule has 8 nitrogen and oxygen atoms in total. The maximum atomic E-state index is 12.3. The first-order chi connectivity index (χ1) is 18.2. The van der Waals surface area contributed by atoms with Gasteiger partial charge in [-0.15, -0.1) is 0 Å². The summed E-state index contributed by atoms with van der Waals surface area (Å²) in [6, 6.07) is 18.8. The molecule has 8 heteroatoms. The van der Waals surface area contributed by atoms with Crippen LogP contribution in [0.3, 0.4) is 0 Å². The van der Waals surface area contributed by atoms with Gasteiger partial charge in [0.1, 0.15) is 17.2 Å². The van der Waals surface area contributed by atoms with E-state index < -0.39 is 5.97 Å². The Balaban J connectivity index is 2.01. The van der Waals surface area contributed by atoms with Gasteiger partial charge in [-0.1, -0.05) is 36.8 Å². The molecule has 0 radical (unpaired) electrons. The van der Waals surface area contributed by atoms with Crippen molar-refractivity contribution in [1.29, 1.82) is 0 Å². The van der Waals surface area contributed by atoms with E-state index in [0.29, 0.717) is 34.9 Å². The average molecular weight is 514 g/mol. The van der Waals surface area contributed by atoms with Gasteiger partial charge in [0.05, 0.1) is 25.5 Å². The van der Waals surface area contributed by atoms with Crippen molar-refractivity contribution in [3.8, 4) is 45.5 Å². The molecule has 0 unspecified atom stereocenters. The molecule has 1 amide bonds. The van der Waals surface area contributed by atoms with Gasteiger partial charge in [0.25, 0.3) is 0 Å². The molecule has 1 N–H and O–H groups in total. The minimum Gasteiger partial charge on any atom is -0.497 e. The second-order valence-corrected chi connectivity index (χ2v) is 8.90. The number of hydrogen-bond acceptors (Lipinski definition) is 6. The number of anilines is 1. The van der Waals surface area contributed by atoms with E-state index in [0.717, 1.165) is 27.9 Å². The second kappa shape index (κ2) is 11.2. The predicted molar refractivity (Wildman–Crippen MR) is 147 cm³/mol. The molecule has 0 fully saturated rings. The number of hydrogen-bond donors (Lipinski definition) is 1. The summed E-state index contributed by atoms with van der Waals surface area (Å²) < 4.78 is 18.5. The quantitative estimate of drug-likeness (QED) is 0.286. The fourth-order valence-corrected chi connectivity index (χ4v) is 4.22. The van der Waals surface area contributed by atoms with Crippen LogP contribution in [-0.4, -0.2) is 35.9 Å². The topological polar surface area (TPSA) is 91.7 Å². The van der Waals surface area contributed by atoms with E-state index in [1.54, 1.807) is 31.9 Å². The van der Waals surface area contributed by atoms with E-state index in [2.05, 4.69) is 5.32 Å². The van der Waals surface area contributed by atoms with Crippen LogP contribution in [0.2, 0.25) is 0 Å². The monoisotopic (exact) mass is 513 g/mol. The van der Waals surface area contributed by atoms with Crippen LogP contribution in [0.15, 0.2) is 60.7 Å². The standard InChI is InChI=1S/C30H31N3O5/c1-7-27(35)31-23-11-9-21(10-12-23)28-29(22-15-24(36-5)17-25(16-22)37-6)32-33(30(28)38-20(4)34)26-13-8-18(2)14-19(26)3/h8-17H,7H2,1-6H3,(H,31,35). The normalized spacial score (nSPS) is 10.7. The maximum absolute atomic E-state index is 12.3. The van der Waals surface area contributed by atoms with Crippen LogP contribution in [0.25, 0.3) is 28.1 Å². The van der Waals surface area contributed by atoms with Gasteiger partial charge in [0, 0.05) is 30.7 Å². The molecule has 1 aromatic heterocycles. The molecular formula is C30H31N3O5. The number of esters is 1. The Kier molecular flexibility index (Phi) is 7.81. The van der Waals surface area contributed by atoms with Crippen molar-refractivity contribution in [3.63, 3.8) is 0 Å². The second-order valence-electron chi connectivity index (χ2n) is 8.90. The Morgan fingerprint density at radius 1 is 0.895 bits per heavy atom. The zero-order valence-corrected chi connectivity index (χ0v) is 22.4. The molecule has 4 aromatic rings. The fraction of sp³-hybridized carbons (Fsp3) is 0.233. The average Bonchev–Trinajstić information content (AvgIpc) is 3.26. The predicted octanol–water partition coefficient (Wildman–Crippen LogP) is 6.11. The van der Waals surface area contributed by atoms with Crippen LogP contribution in [0.4, 0.5) is 5.69 Å². The molecule has 38 heavy (non-hydrogen) atoms. The van der Waals surface area contributed by atoms with Crippen molar-refractivity contribution in [3.05, 3.63) is 71.8 Å². The van der Waals surface area contributed by atoms with Crippen molar-refractivity contribution in [2.24, 2.45) is 0 Å². The van der Waals surface area contributed by atoms with E-state index in [1.807, 2.05) is 68.4 Å². The van der Waals surface area contributed by atoms with E-state index in [4.69, 9.17) is 19.3 Å². The molecule has 196 valence electrons. The SMILES string of the molecule is CCC(=O)Nc1ccc(-c2c(-c3cc(OC)cc(OC)c3)nn(-c3ccc(C)cc3C)c2OC(C)=O)cc1. The van der Waals surface area contributed by atoms with Crippen LogP contribution >= 0.6 is 0 Å². The number of nitrogens with one attached hydrogen (secondary N) is 1. The Morgan fingerprint density at radius 2 is 1.55 bits per heavy atom. The lowest BCUT2D eigenvalue weighted by molar-refractivity contribution is -0.132. The van der Waals surface area contributed by atoms with Crippen molar-refractivity contribution in [2.45, 2.75) is 34.1 Å². The summed E-state index contributed by atoms with van der Waals surface area (Å²) in [4.78, 5) is 24.2. The minimum absolute atomic E-state index is 0.0785. The first-order valence-electron chi connectivity index (χ1n) is 12.3. The van der Waals surface area contributed by atoms with Crippen LogP contribution in [0.1, 0.15) is 31.4 Å². The highest BCUT2D eigenvalue weighted by atomic mass is 16.5. The van der Waals surface area contributed by atoms with Crippen LogP contribution < -0.4 is 19.5 Å². The van der Waals surface area contributed by atoms with Gasteiger partial charge >= 0.3 is 5.97 Å². The number of aryl methyl sites for hydroxylation is 2. The first-order valence-corrected chi connectivity index (χ1v) is 12.3. The van der Waals surface area contributed by atoms with Crippen LogP contribution in [0.5, 0.6) is 17.4 Å². The molecule has 0 atom stereocenters. The number of rotatable bonds is 8. The van der Waals surface area contributed by atoms with Crippen molar-refractivity contribution in [1.82, 2.24) is 9.78 Å². The van der Waals surface area contributed by atoms with Gasteiger partial charge in [-0.05, 0) is 55.3 Å². The zero-order chi connectivity index (χ0) is 27.4. The molecule has 0 aliphatic heterocycles. The Morgan fingerprint density at radius 3 is 2.11 bits per heavy atom. The number of benzene rings is 3. The molecule has 0 saturated carbocycles. The van der Waals surface area contributed by atoms with E-state index >= 15 is 0 Å². The number of amides is 1. The van der Waals surface area contributed by atoms with Gasteiger partial charge < -0.3 is 19.5 Å². The molecule has 0 bridgehead atoms. The number of methoxy groups -OCH3 is 2. The maximum Gasteiger partial charge on any atom is 0.309 e. The summed E-state index contributed by atoms with van der Waals surface area (Å²) in [6.45, 7) is 7.16. The third kappa shape index (κ3) is 5.54. The van der Waals surface area contributed by atoms with Crippen molar-refractivity contribution >= 4 is 17.6 Å². The minimum atomic E-state index is -0.473. The number of aromatic nitrogens is 2. The summed E-state index contributed by atoms with van der Waals surface area (Å²) in [5, 5.41) is 7.82. The third-order valence-corrected chi connectivity index (χ3v) is 6.07. The lowest BCUT2D eigenvalue weighted by atomic mass is 10.0. The number of carbonyl (C=O) groups is 2. The highest BCUT2D eigenvalue weighted by Crippen LogP contribution is 2.43. The van der Waals surface area contributed by atoms with Crippen molar-refractivity contribution < 1.29 is 23.8 Å². The van der Waals surface area contributed by atoms with Crippen LogP contribution in [-0.2, 0) is 9.59 Å². The molecule has 0 spiro atoms. The Bertz CT molecular complexity index is 1470. The van der Waals surface area contributed by atoms with E-state index in [1.165, 1.54) is 6.92 Å². The van der Waals surface area contributed by atoms with Gasteiger partial charge in [-0.3, -0.25) is 9.59 Å². The summed E-state index contributed by atoms with van der Waals surface area (Å²) in [5.41, 5.74) is 6.18. The van der Waals surface area contributed by atoms with Gasteiger partial charge in [-0.2, -0.15) is 9.78 Å². The molecule has 1 heterocycles. The largest absolute Gasteiger partial charge is 0.497 e. The van der Waals surface area contributed by atoms with Crippen LogP contribution in [0, 0.1) is 13.8 Å². The first kappa shape index (κ1) is 26.5. The van der Waals surface area contributed by atoms with E-state index in [9.17, 15) is 9.59 Å². The lowest BCUT2D eigenvalue weighted by Gasteiger charge is -2.12. The molecule has 0 saturated heterocycles. The number of ether oxygens (including phenoxy) is 3. The highest BCUT2D eigenvalue weighted by molar-refractivity contribution is 5.92. The highest BCUT2D eigenvalue weighted by Gasteiger charge is 2.26. The molecule has 0 aliphatic rings. The van der Waals surface area contributed by atoms with Gasteiger partial charge in [-0.25, -0.2) is 0 Å². The number of carbonyl (C=O) groups excluding carboxylic acids is 2. The lowest BCUT2D eigenvalue weighted by Crippen LogP contribution is -2.09. The summed E-state index contributed by atoms with van der Waals surface area (Å²) in [6.07, 6.45) is 0.378. The van der Waals surface area contributed by atoms with Crippen molar-refractivity contribution in [2.75, 3.05) is 19.5 Å². The number of nitrogens with zero attached hydrogens (tertiary/aromatic N) is 2. The molecule has 0 aliphatic carbocycles. The smallest absolute Gasteiger partial charge is 0.309 e. The van der Waals surface area contributed by atoms with Gasteiger partial charge in [0.2, 0.25) is 11.8 Å². The third-order valence-electron chi connectivity index (χ3n) is 6.07. The fourth-order valence-electron chi connectivity index (χ4n) is 4.22. The summed E-state index contributed by atoms with van der Waals surface area (Å²) >= 11 is 0. The zero-order valence-electron chi connectivity index (χ0n) is 22.4. The van der Waals surface area contributed by atoms with E-state index in [-0.39, 0.29) is 11.8 Å². The molecule has 4 rings (SSSR count). The summed E-state index contributed by atoms with van der Waals surface area (Å²) in [7, 11) is 3.17. The van der Waals surface area contributed by atoms with Gasteiger partial charge in [0.15, 0.2) is 0 Å². The molecular weight excluding hydrogens is 482 g/mol. The summed E-state index contributed by atoms with van der Waals surface area (Å²) in [5.74, 6) is 0.923.